The Bertz CT molecular complexity index is 1040. The lowest BCUT2D eigenvalue weighted by atomic mass is 10.1. The van der Waals surface area contributed by atoms with Crippen LogP contribution in [-0.2, 0) is 4.79 Å². The molecule has 0 bridgehead atoms. The van der Waals surface area contributed by atoms with Crippen LogP contribution in [0, 0.1) is 6.92 Å². The fourth-order valence-corrected chi connectivity index (χ4v) is 2.81. The van der Waals surface area contributed by atoms with E-state index in [1.54, 1.807) is 30.3 Å². The van der Waals surface area contributed by atoms with Gasteiger partial charge in [0.15, 0.2) is 12.4 Å². The third kappa shape index (κ3) is 3.81. The van der Waals surface area contributed by atoms with Crippen molar-refractivity contribution < 1.29 is 19.1 Å². The zero-order valence-corrected chi connectivity index (χ0v) is 15.2. The highest BCUT2D eigenvalue weighted by Crippen LogP contribution is 2.31. The monoisotopic (exact) mass is 374 g/mol. The van der Waals surface area contributed by atoms with Crippen LogP contribution in [0.3, 0.4) is 0 Å². The van der Waals surface area contributed by atoms with E-state index in [1.807, 2.05) is 43.3 Å². The van der Waals surface area contributed by atoms with Gasteiger partial charge in [0, 0.05) is 5.56 Å². The summed E-state index contributed by atoms with van der Waals surface area (Å²) in [6.07, 6.45) is 0. The van der Waals surface area contributed by atoms with E-state index in [-0.39, 0.29) is 18.4 Å². The Morgan fingerprint density at radius 2 is 1.86 bits per heavy atom. The lowest BCUT2D eigenvalue weighted by molar-refractivity contribution is -0.118. The van der Waals surface area contributed by atoms with E-state index in [1.165, 1.54) is 0 Å². The number of carbonyl (C=O) groups excluding carboxylic acids is 2. The minimum Gasteiger partial charge on any atom is -0.482 e. The van der Waals surface area contributed by atoms with Crippen molar-refractivity contribution in [1.29, 1.82) is 0 Å². The number of fused-ring (bicyclic) bond motifs is 1. The van der Waals surface area contributed by atoms with Gasteiger partial charge in [-0.25, -0.2) is 0 Å². The molecule has 1 aliphatic rings. The van der Waals surface area contributed by atoms with Crippen LogP contribution < -0.4 is 20.1 Å². The molecule has 0 aromatic heterocycles. The Hall–Kier alpha value is -3.80. The van der Waals surface area contributed by atoms with Crippen LogP contribution in [0.5, 0.6) is 17.2 Å². The van der Waals surface area contributed by atoms with Gasteiger partial charge in [0.25, 0.3) is 11.8 Å². The molecule has 0 unspecified atom stereocenters. The molecule has 1 aliphatic heterocycles. The summed E-state index contributed by atoms with van der Waals surface area (Å²) in [6.45, 7) is 1.98. The summed E-state index contributed by atoms with van der Waals surface area (Å²) >= 11 is 0. The maximum atomic E-state index is 12.7. The van der Waals surface area contributed by atoms with Crippen LogP contribution in [0.1, 0.15) is 15.9 Å². The van der Waals surface area contributed by atoms with Crippen LogP contribution in [0.4, 0.5) is 11.4 Å². The highest BCUT2D eigenvalue weighted by atomic mass is 16.5. The van der Waals surface area contributed by atoms with E-state index in [0.717, 1.165) is 5.56 Å². The predicted octanol–water partition coefficient (Wildman–Crippen LogP) is 4.37. The van der Waals surface area contributed by atoms with Crippen molar-refractivity contribution >= 4 is 23.2 Å². The molecule has 6 heteroatoms. The summed E-state index contributed by atoms with van der Waals surface area (Å²) in [6, 6.07) is 19.8. The van der Waals surface area contributed by atoms with Crippen molar-refractivity contribution in [3.05, 3.63) is 77.9 Å². The van der Waals surface area contributed by atoms with E-state index < -0.39 is 0 Å². The Morgan fingerprint density at radius 3 is 2.68 bits per heavy atom. The highest BCUT2D eigenvalue weighted by Gasteiger charge is 2.18. The topological polar surface area (TPSA) is 76.7 Å². The minimum absolute atomic E-state index is 0.0255. The number of anilines is 2. The second-order valence-electron chi connectivity index (χ2n) is 6.41. The van der Waals surface area contributed by atoms with Gasteiger partial charge in [-0.2, -0.15) is 0 Å². The second kappa shape index (κ2) is 7.44. The molecule has 0 atom stereocenters. The quantitative estimate of drug-likeness (QED) is 0.711. The summed E-state index contributed by atoms with van der Waals surface area (Å²) in [7, 11) is 0. The summed E-state index contributed by atoms with van der Waals surface area (Å²) in [5.74, 6) is 1.19. The van der Waals surface area contributed by atoms with Crippen molar-refractivity contribution in [1.82, 2.24) is 0 Å². The molecule has 2 amide bonds. The zero-order valence-electron chi connectivity index (χ0n) is 15.2. The number of ether oxygens (including phenoxy) is 2. The van der Waals surface area contributed by atoms with Crippen LogP contribution in [-0.4, -0.2) is 18.4 Å². The molecule has 3 aromatic rings. The molecule has 28 heavy (non-hydrogen) atoms. The van der Waals surface area contributed by atoms with Gasteiger partial charge < -0.3 is 20.1 Å². The van der Waals surface area contributed by atoms with Gasteiger partial charge in [-0.15, -0.1) is 0 Å². The molecule has 4 rings (SSSR count). The van der Waals surface area contributed by atoms with Crippen LogP contribution in [0.25, 0.3) is 0 Å². The van der Waals surface area contributed by atoms with Gasteiger partial charge in [-0.3, -0.25) is 9.59 Å². The molecule has 2 N–H and O–H groups in total. The molecule has 3 aromatic carbocycles. The number of rotatable bonds is 4. The second-order valence-corrected chi connectivity index (χ2v) is 6.41. The third-order valence-electron chi connectivity index (χ3n) is 4.26. The Morgan fingerprint density at radius 1 is 1.07 bits per heavy atom. The first-order chi connectivity index (χ1) is 13.6. The first-order valence-corrected chi connectivity index (χ1v) is 8.80. The molecule has 0 aliphatic carbocycles. The van der Waals surface area contributed by atoms with Gasteiger partial charge in [-0.1, -0.05) is 29.8 Å². The lowest BCUT2D eigenvalue weighted by Gasteiger charge is -2.18. The van der Waals surface area contributed by atoms with Crippen molar-refractivity contribution in [2.75, 3.05) is 17.2 Å². The number of aryl methyl sites for hydroxylation is 1. The first-order valence-electron chi connectivity index (χ1n) is 8.80. The van der Waals surface area contributed by atoms with Crippen LogP contribution >= 0.6 is 0 Å². The fraction of sp³-hybridized carbons (Fsp3) is 0.0909. The van der Waals surface area contributed by atoms with Gasteiger partial charge in [-0.05, 0) is 49.4 Å². The van der Waals surface area contributed by atoms with E-state index in [4.69, 9.17) is 9.47 Å². The largest absolute Gasteiger partial charge is 0.482 e. The molecule has 6 nitrogen and oxygen atoms in total. The van der Waals surface area contributed by atoms with E-state index in [2.05, 4.69) is 10.6 Å². The summed E-state index contributed by atoms with van der Waals surface area (Å²) < 4.78 is 11.2. The number of hydrogen-bond donors (Lipinski definition) is 2. The number of carbonyl (C=O) groups is 2. The molecular formula is C22H18N2O4. The molecule has 140 valence electrons. The van der Waals surface area contributed by atoms with Crippen molar-refractivity contribution in [3.8, 4) is 17.2 Å². The van der Waals surface area contributed by atoms with Crippen molar-refractivity contribution in [2.45, 2.75) is 6.92 Å². The van der Waals surface area contributed by atoms with E-state index >= 15 is 0 Å². The summed E-state index contributed by atoms with van der Waals surface area (Å²) in [5, 5.41) is 5.56. The predicted molar refractivity (Wildman–Crippen MR) is 106 cm³/mol. The Kier molecular flexibility index (Phi) is 4.68. The van der Waals surface area contributed by atoms with Crippen LogP contribution in [0.15, 0.2) is 66.7 Å². The maximum absolute atomic E-state index is 12.7. The molecule has 0 saturated carbocycles. The maximum Gasteiger partial charge on any atom is 0.262 e. The van der Waals surface area contributed by atoms with E-state index in [0.29, 0.717) is 34.2 Å². The molecule has 0 saturated heterocycles. The zero-order chi connectivity index (χ0) is 19.5. The number of hydrogen-bond acceptors (Lipinski definition) is 4. The minimum atomic E-state index is -0.317. The van der Waals surface area contributed by atoms with Gasteiger partial charge >= 0.3 is 0 Å². The standard InChI is InChI=1S/C22H18N2O4/c1-14-6-9-16(10-7-14)28-20-5-3-2-4-17(20)24-22(26)15-8-11-19-18(12-15)23-21(25)13-27-19/h2-12H,13H2,1H3,(H,23,25)(H,24,26). The van der Waals surface area contributed by atoms with Crippen LogP contribution in [0.2, 0.25) is 0 Å². The summed E-state index contributed by atoms with van der Waals surface area (Å²) in [5.41, 5.74) is 2.56. The molecule has 1 heterocycles. The SMILES string of the molecule is Cc1ccc(Oc2ccccc2NC(=O)c2ccc3c(c2)NC(=O)CO3)cc1. The Labute approximate surface area is 162 Å². The smallest absolute Gasteiger partial charge is 0.262 e. The lowest BCUT2D eigenvalue weighted by Crippen LogP contribution is -2.25. The average Bonchev–Trinajstić information content (AvgIpc) is 2.70. The first kappa shape index (κ1) is 17.6. The van der Waals surface area contributed by atoms with E-state index in [9.17, 15) is 9.59 Å². The average molecular weight is 374 g/mol. The van der Waals surface area contributed by atoms with Gasteiger partial charge in [0.05, 0.1) is 11.4 Å². The van der Waals surface area contributed by atoms with Gasteiger partial charge in [0.2, 0.25) is 0 Å². The normalized spacial score (nSPS) is 12.4. The summed E-state index contributed by atoms with van der Waals surface area (Å²) in [4.78, 5) is 24.2. The fourth-order valence-electron chi connectivity index (χ4n) is 2.81. The molecule has 0 spiro atoms. The molecular weight excluding hydrogens is 356 g/mol. The number of amides is 2. The van der Waals surface area contributed by atoms with Crippen molar-refractivity contribution in [3.63, 3.8) is 0 Å². The molecule has 0 radical (unpaired) electrons. The number of nitrogens with one attached hydrogen (secondary N) is 2. The molecule has 0 fully saturated rings. The Balaban J connectivity index is 1.54. The number of para-hydroxylation sites is 2. The highest BCUT2D eigenvalue weighted by molar-refractivity contribution is 6.06. The third-order valence-corrected chi connectivity index (χ3v) is 4.26. The van der Waals surface area contributed by atoms with Gasteiger partial charge in [0.1, 0.15) is 11.5 Å². The van der Waals surface area contributed by atoms with Crippen molar-refractivity contribution in [2.24, 2.45) is 0 Å². The number of benzene rings is 3.